The van der Waals surface area contributed by atoms with Crippen LogP contribution in [-0.2, 0) is 6.42 Å². The first-order chi connectivity index (χ1) is 9.80. The molecule has 2 rings (SSSR count). The first-order valence-corrected chi connectivity index (χ1v) is 6.58. The Morgan fingerprint density at radius 3 is 2.60 bits per heavy atom. The van der Waals surface area contributed by atoms with E-state index in [0.29, 0.717) is 5.88 Å². The topological polar surface area (TPSA) is 43.4 Å². The minimum atomic E-state index is 0.120. The van der Waals surface area contributed by atoms with Gasteiger partial charge in [0.2, 0.25) is 5.88 Å². The Bertz CT molecular complexity index is 558. The monoisotopic (exact) mass is 272 g/mol. The van der Waals surface area contributed by atoms with E-state index in [2.05, 4.69) is 16.4 Å². The zero-order valence-electron chi connectivity index (χ0n) is 12.1. The predicted molar refractivity (Wildman–Crippen MR) is 79.3 cm³/mol. The van der Waals surface area contributed by atoms with Crippen LogP contribution in [0.25, 0.3) is 0 Å². The van der Waals surface area contributed by atoms with Crippen molar-refractivity contribution in [2.75, 3.05) is 21.3 Å². The number of likely N-dealkylation sites (N-methyl/N-ethyl adjacent to an activating group) is 1. The number of benzene rings is 1. The minimum Gasteiger partial charge on any atom is -0.496 e. The normalized spacial score (nSPS) is 11.9. The molecule has 0 fully saturated rings. The first kappa shape index (κ1) is 14.3. The van der Waals surface area contributed by atoms with Crippen molar-refractivity contribution in [3.8, 4) is 11.6 Å². The van der Waals surface area contributed by atoms with E-state index in [-0.39, 0.29) is 6.04 Å². The van der Waals surface area contributed by atoms with Crippen LogP contribution in [0.4, 0.5) is 0 Å². The van der Waals surface area contributed by atoms with Crippen LogP contribution in [0.5, 0.6) is 11.6 Å². The van der Waals surface area contributed by atoms with Gasteiger partial charge in [0, 0.05) is 17.8 Å². The molecule has 106 valence electrons. The maximum Gasteiger partial charge on any atom is 0.217 e. The molecule has 4 heteroatoms. The highest BCUT2D eigenvalue weighted by molar-refractivity contribution is 5.37. The van der Waals surface area contributed by atoms with Gasteiger partial charge < -0.3 is 14.8 Å². The molecule has 4 nitrogen and oxygen atoms in total. The summed E-state index contributed by atoms with van der Waals surface area (Å²) in [6, 6.07) is 12.1. The van der Waals surface area contributed by atoms with Crippen molar-refractivity contribution in [3.63, 3.8) is 0 Å². The lowest BCUT2D eigenvalue weighted by molar-refractivity contribution is 0.382. The second kappa shape index (κ2) is 6.91. The molecule has 1 aromatic carbocycles. The number of ether oxygens (including phenoxy) is 2. The third kappa shape index (κ3) is 3.08. The maximum absolute atomic E-state index is 5.41. The van der Waals surface area contributed by atoms with Crippen LogP contribution in [-0.4, -0.2) is 26.3 Å². The Labute approximate surface area is 119 Å². The molecule has 0 radical (unpaired) electrons. The molecule has 1 heterocycles. The SMILES string of the molecule is CNC(Cc1ccccc1OC)c1cccnc1OC. The molecular formula is C16H20N2O2. The molecule has 0 amide bonds. The van der Waals surface area contributed by atoms with Gasteiger partial charge in [-0.05, 0) is 31.2 Å². The fourth-order valence-corrected chi connectivity index (χ4v) is 2.30. The molecule has 1 unspecified atom stereocenters. The lowest BCUT2D eigenvalue weighted by Crippen LogP contribution is -2.20. The fourth-order valence-electron chi connectivity index (χ4n) is 2.30. The van der Waals surface area contributed by atoms with Crippen LogP contribution >= 0.6 is 0 Å². The van der Waals surface area contributed by atoms with E-state index in [0.717, 1.165) is 23.3 Å². The standard InChI is InChI=1S/C16H20N2O2/c1-17-14(13-8-6-10-18-16(13)20-3)11-12-7-4-5-9-15(12)19-2/h4-10,14,17H,11H2,1-3H3. The van der Waals surface area contributed by atoms with E-state index in [9.17, 15) is 0 Å². The summed E-state index contributed by atoms with van der Waals surface area (Å²) < 4.78 is 10.7. The molecular weight excluding hydrogens is 252 g/mol. The van der Waals surface area contributed by atoms with Gasteiger partial charge in [0.25, 0.3) is 0 Å². The summed E-state index contributed by atoms with van der Waals surface area (Å²) in [5.41, 5.74) is 2.20. The predicted octanol–water partition coefficient (Wildman–Crippen LogP) is 2.60. The molecule has 20 heavy (non-hydrogen) atoms. The van der Waals surface area contributed by atoms with E-state index in [1.807, 2.05) is 37.4 Å². The molecule has 0 spiro atoms. The quantitative estimate of drug-likeness (QED) is 0.878. The van der Waals surface area contributed by atoms with Gasteiger partial charge in [0.05, 0.1) is 14.2 Å². The van der Waals surface area contributed by atoms with Gasteiger partial charge in [0.15, 0.2) is 0 Å². The molecule has 0 bridgehead atoms. The van der Waals surface area contributed by atoms with E-state index >= 15 is 0 Å². The zero-order valence-corrected chi connectivity index (χ0v) is 12.1. The number of hydrogen-bond donors (Lipinski definition) is 1. The van der Waals surface area contributed by atoms with Crippen molar-refractivity contribution in [3.05, 3.63) is 53.7 Å². The zero-order chi connectivity index (χ0) is 14.4. The second-order valence-electron chi connectivity index (χ2n) is 4.46. The van der Waals surface area contributed by atoms with E-state index in [1.165, 1.54) is 0 Å². The van der Waals surface area contributed by atoms with Crippen molar-refractivity contribution in [2.24, 2.45) is 0 Å². The third-order valence-electron chi connectivity index (χ3n) is 3.33. The largest absolute Gasteiger partial charge is 0.496 e. The minimum absolute atomic E-state index is 0.120. The summed E-state index contributed by atoms with van der Waals surface area (Å²) in [6.45, 7) is 0. The van der Waals surface area contributed by atoms with Crippen molar-refractivity contribution in [2.45, 2.75) is 12.5 Å². The van der Waals surface area contributed by atoms with Crippen molar-refractivity contribution < 1.29 is 9.47 Å². The molecule has 0 aliphatic heterocycles. The summed E-state index contributed by atoms with van der Waals surface area (Å²) in [5.74, 6) is 1.55. The molecule has 0 saturated heterocycles. The van der Waals surface area contributed by atoms with Crippen molar-refractivity contribution >= 4 is 0 Å². The van der Waals surface area contributed by atoms with Gasteiger partial charge in [-0.1, -0.05) is 24.3 Å². The van der Waals surface area contributed by atoms with Gasteiger partial charge in [-0.25, -0.2) is 4.98 Å². The smallest absolute Gasteiger partial charge is 0.217 e. The molecule has 0 saturated carbocycles. The van der Waals surface area contributed by atoms with Crippen LogP contribution in [0.15, 0.2) is 42.6 Å². The lowest BCUT2D eigenvalue weighted by atomic mass is 9.99. The van der Waals surface area contributed by atoms with Crippen molar-refractivity contribution in [1.29, 1.82) is 0 Å². The Morgan fingerprint density at radius 2 is 1.90 bits per heavy atom. The Morgan fingerprint density at radius 1 is 1.10 bits per heavy atom. The number of pyridine rings is 1. The summed E-state index contributed by atoms with van der Waals surface area (Å²) in [7, 11) is 5.27. The maximum atomic E-state index is 5.41. The number of hydrogen-bond acceptors (Lipinski definition) is 4. The first-order valence-electron chi connectivity index (χ1n) is 6.58. The van der Waals surface area contributed by atoms with Gasteiger partial charge in [-0.3, -0.25) is 0 Å². The number of methoxy groups -OCH3 is 2. The summed E-state index contributed by atoms with van der Waals surface area (Å²) in [4.78, 5) is 4.26. The molecule has 0 aliphatic carbocycles. The molecule has 1 N–H and O–H groups in total. The van der Waals surface area contributed by atoms with Gasteiger partial charge in [-0.2, -0.15) is 0 Å². The molecule has 2 aromatic rings. The number of rotatable bonds is 6. The lowest BCUT2D eigenvalue weighted by Gasteiger charge is -2.19. The highest BCUT2D eigenvalue weighted by Crippen LogP contribution is 2.28. The van der Waals surface area contributed by atoms with Crippen LogP contribution in [0.1, 0.15) is 17.2 Å². The van der Waals surface area contributed by atoms with Crippen molar-refractivity contribution in [1.82, 2.24) is 10.3 Å². The summed E-state index contributed by atoms with van der Waals surface area (Å²) in [6.07, 6.45) is 2.54. The average molecular weight is 272 g/mol. The summed E-state index contributed by atoms with van der Waals surface area (Å²) in [5, 5.41) is 3.32. The fraction of sp³-hybridized carbons (Fsp3) is 0.312. The third-order valence-corrected chi connectivity index (χ3v) is 3.33. The molecule has 1 aromatic heterocycles. The van der Waals surface area contributed by atoms with Crippen LogP contribution in [0, 0.1) is 0 Å². The van der Waals surface area contributed by atoms with Gasteiger partial charge in [0.1, 0.15) is 5.75 Å². The number of nitrogens with one attached hydrogen (secondary N) is 1. The molecule has 0 aliphatic rings. The Kier molecular flexibility index (Phi) is 4.96. The van der Waals surface area contributed by atoms with E-state index in [1.54, 1.807) is 20.4 Å². The number of nitrogens with zero attached hydrogens (tertiary/aromatic N) is 1. The average Bonchev–Trinajstić information content (AvgIpc) is 2.53. The highest BCUT2D eigenvalue weighted by atomic mass is 16.5. The van der Waals surface area contributed by atoms with E-state index < -0.39 is 0 Å². The van der Waals surface area contributed by atoms with Crippen LogP contribution in [0.2, 0.25) is 0 Å². The number of aromatic nitrogens is 1. The highest BCUT2D eigenvalue weighted by Gasteiger charge is 2.17. The van der Waals surface area contributed by atoms with Crippen LogP contribution < -0.4 is 14.8 Å². The number of para-hydroxylation sites is 1. The summed E-state index contributed by atoms with van der Waals surface area (Å²) >= 11 is 0. The van der Waals surface area contributed by atoms with E-state index in [4.69, 9.17) is 9.47 Å². The van der Waals surface area contributed by atoms with Gasteiger partial charge >= 0.3 is 0 Å². The Hall–Kier alpha value is -2.07. The van der Waals surface area contributed by atoms with Gasteiger partial charge in [-0.15, -0.1) is 0 Å². The van der Waals surface area contributed by atoms with Crippen LogP contribution in [0.3, 0.4) is 0 Å². The second-order valence-corrected chi connectivity index (χ2v) is 4.46. The Balaban J connectivity index is 2.29. The molecule has 1 atom stereocenters.